The third-order valence-corrected chi connectivity index (χ3v) is 3.25. The Bertz CT molecular complexity index is 706. The fraction of sp³-hybridized carbons (Fsp3) is 0.375. The molecule has 0 aliphatic carbocycles. The summed E-state index contributed by atoms with van der Waals surface area (Å²) in [5, 5.41) is 24.9. The van der Waals surface area contributed by atoms with Crippen molar-refractivity contribution in [3.05, 3.63) is 40.0 Å². The number of nitrogens with zero attached hydrogens (tertiary/aromatic N) is 1. The fourth-order valence-electron chi connectivity index (χ4n) is 2.04. The van der Waals surface area contributed by atoms with Crippen LogP contribution in [0.3, 0.4) is 0 Å². The Morgan fingerprint density at radius 2 is 2.00 bits per heavy atom. The molecule has 0 radical (unpaired) electrons. The maximum absolute atomic E-state index is 11.4. The zero-order valence-corrected chi connectivity index (χ0v) is 14.8. The SMILES string of the molecule is COCCCOc1cc(C(N)=O)cc([N+](=O)[O-])c1NC/C=C/CNC(=O)O. The van der Waals surface area contributed by atoms with Crippen LogP contribution in [0.15, 0.2) is 24.3 Å². The number of nitro groups is 1. The lowest BCUT2D eigenvalue weighted by Gasteiger charge is -2.14. The topological polar surface area (TPSA) is 166 Å². The number of nitrogens with one attached hydrogen (secondary N) is 2. The number of carbonyl (C=O) groups excluding carboxylic acids is 1. The number of anilines is 1. The van der Waals surface area contributed by atoms with Crippen molar-refractivity contribution in [2.75, 3.05) is 38.7 Å². The molecule has 1 aromatic rings. The summed E-state index contributed by atoms with van der Waals surface area (Å²) in [6.07, 6.45) is 2.53. The molecule has 0 atom stereocenters. The van der Waals surface area contributed by atoms with E-state index >= 15 is 0 Å². The molecule has 148 valence electrons. The summed E-state index contributed by atoms with van der Waals surface area (Å²) in [7, 11) is 1.54. The minimum Gasteiger partial charge on any atom is -0.491 e. The molecule has 1 aromatic carbocycles. The number of primary amides is 1. The second-order valence-corrected chi connectivity index (χ2v) is 5.22. The first-order valence-electron chi connectivity index (χ1n) is 7.96. The fourth-order valence-corrected chi connectivity index (χ4v) is 2.04. The molecule has 27 heavy (non-hydrogen) atoms. The standard InChI is InChI=1S/C16H22N4O7/c1-26-7-4-8-27-13-10-11(15(17)21)9-12(20(24)25)14(13)18-5-2-3-6-19-16(22)23/h2-3,9-10,18-19H,4-8H2,1H3,(H2,17,21)(H,22,23)/b3-2+. The van der Waals surface area contributed by atoms with E-state index in [9.17, 15) is 19.7 Å². The highest BCUT2D eigenvalue weighted by Gasteiger charge is 2.22. The average Bonchev–Trinajstić information content (AvgIpc) is 2.61. The van der Waals surface area contributed by atoms with Gasteiger partial charge in [0.1, 0.15) is 5.75 Å². The van der Waals surface area contributed by atoms with Crippen LogP contribution < -0.4 is 21.1 Å². The van der Waals surface area contributed by atoms with E-state index in [1.165, 1.54) is 13.2 Å². The summed E-state index contributed by atoms with van der Waals surface area (Å²) in [6.45, 7) is 0.937. The number of rotatable bonds is 12. The van der Waals surface area contributed by atoms with Crippen molar-refractivity contribution in [1.82, 2.24) is 5.32 Å². The molecule has 2 amide bonds. The van der Waals surface area contributed by atoms with Crippen LogP contribution in [0.2, 0.25) is 0 Å². The first-order valence-corrected chi connectivity index (χ1v) is 7.96. The molecule has 11 nitrogen and oxygen atoms in total. The van der Waals surface area contributed by atoms with E-state index in [-0.39, 0.29) is 42.4 Å². The third kappa shape index (κ3) is 7.61. The molecule has 0 heterocycles. The number of methoxy groups -OCH3 is 1. The van der Waals surface area contributed by atoms with E-state index in [4.69, 9.17) is 20.3 Å². The van der Waals surface area contributed by atoms with Crippen LogP contribution in [0.25, 0.3) is 0 Å². The lowest BCUT2D eigenvalue weighted by atomic mass is 10.1. The highest BCUT2D eigenvalue weighted by atomic mass is 16.6. The predicted octanol–water partition coefficient (Wildman–Crippen LogP) is 1.34. The molecule has 0 saturated carbocycles. The van der Waals surface area contributed by atoms with Gasteiger partial charge >= 0.3 is 6.09 Å². The summed E-state index contributed by atoms with van der Waals surface area (Å²) < 4.78 is 10.5. The first-order chi connectivity index (χ1) is 12.9. The Hall–Kier alpha value is -3.34. The third-order valence-electron chi connectivity index (χ3n) is 3.25. The van der Waals surface area contributed by atoms with Gasteiger partial charge in [-0.15, -0.1) is 0 Å². The Balaban J connectivity index is 2.99. The van der Waals surface area contributed by atoms with Gasteiger partial charge in [0, 0.05) is 44.9 Å². The Kier molecular flexibility index (Phi) is 9.09. The van der Waals surface area contributed by atoms with Gasteiger partial charge in [0.2, 0.25) is 5.91 Å². The van der Waals surface area contributed by atoms with Crippen molar-refractivity contribution < 1.29 is 29.1 Å². The van der Waals surface area contributed by atoms with Gasteiger partial charge in [-0.1, -0.05) is 12.2 Å². The van der Waals surface area contributed by atoms with Crippen LogP contribution in [-0.4, -0.2) is 55.4 Å². The van der Waals surface area contributed by atoms with E-state index in [1.807, 2.05) is 0 Å². The molecule has 11 heteroatoms. The molecular weight excluding hydrogens is 360 g/mol. The summed E-state index contributed by atoms with van der Waals surface area (Å²) >= 11 is 0. The van der Waals surface area contributed by atoms with Crippen molar-refractivity contribution >= 4 is 23.4 Å². The molecule has 0 bridgehead atoms. The summed E-state index contributed by atoms with van der Waals surface area (Å²) in [5.41, 5.74) is 4.93. The number of hydrogen-bond donors (Lipinski definition) is 4. The van der Waals surface area contributed by atoms with Crippen LogP contribution in [0.5, 0.6) is 5.75 Å². The highest BCUT2D eigenvalue weighted by molar-refractivity contribution is 5.95. The van der Waals surface area contributed by atoms with E-state index in [0.29, 0.717) is 13.0 Å². The number of nitrogens with two attached hydrogens (primary N) is 1. The van der Waals surface area contributed by atoms with E-state index in [2.05, 4.69) is 10.6 Å². The molecule has 0 fully saturated rings. The van der Waals surface area contributed by atoms with Gasteiger partial charge in [-0.25, -0.2) is 4.79 Å². The molecule has 0 unspecified atom stereocenters. The lowest BCUT2D eigenvalue weighted by Crippen LogP contribution is -2.20. The van der Waals surface area contributed by atoms with Gasteiger partial charge in [0.05, 0.1) is 11.5 Å². The van der Waals surface area contributed by atoms with Crippen LogP contribution in [-0.2, 0) is 4.74 Å². The van der Waals surface area contributed by atoms with Gasteiger partial charge in [0.15, 0.2) is 5.69 Å². The largest absolute Gasteiger partial charge is 0.491 e. The van der Waals surface area contributed by atoms with Gasteiger partial charge in [-0.3, -0.25) is 14.9 Å². The maximum Gasteiger partial charge on any atom is 0.404 e. The second-order valence-electron chi connectivity index (χ2n) is 5.22. The van der Waals surface area contributed by atoms with Gasteiger partial charge in [0.25, 0.3) is 5.69 Å². The van der Waals surface area contributed by atoms with Crippen molar-refractivity contribution in [3.63, 3.8) is 0 Å². The van der Waals surface area contributed by atoms with Gasteiger partial charge in [-0.05, 0) is 6.07 Å². The van der Waals surface area contributed by atoms with Crippen LogP contribution in [0.1, 0.15) is 16.8 Å². The molecule has 0 aromatic heterocycles. The van der Waals surface area contributed by atoms with Gasteiger partial charge < -0.3 is 30.9 Å². The molecule has 0 aliphatic heterocycles. The summed E-state index contributed by atoms with van der Waals surface area (Å²) in [5.74, 6) is -0.697. The molecule has 1 rings (SSSR count). The van der Waals surface area contributed by atoms with E-state index in [1.54, 1.807) is 12.2 Å². The zero-order valence-electron chi connectivity index (χ0n) is 14.8. The van der Waals surface area contributed by atoms with Crippen LogP contribution >= 0.6 is 0 Å². The molecule has 5 N–H and O–H groups in total. The smallest absolute Gasteiger partial charge is 0.404 e. The number of carbonyl (C=O) groups is 2. The number of benzene rings is 1. The number of hydrogen-bond acceptors (Lipinski definition) is 7. The molecule has 0 aliphatic rings. The minimum atomic E-state index is -1.16. The summed E-state index contributed by atoms with van der Waals surface area (Å²) in [4.78, 5) is 32.5. The number of nitro benzene ring substituents is 1. The quantitative estimate of drug-likeness (QED) is 0.182. The minimum absolute atomic E-state index is 0.0461. The van der Waals surface area contributed by atoms with Crippen LogP contribution in [0.4, 0.5) is 16.2 Å². The second kappa shape index (κ2) is 11.3. The maximum atomic E-state index is 11.4. The lowest BCUT2D eigenvalue weighted by molar-refractivity contribution is -0.384. The number of carboxylic acid groups (broad SMARTS) is 1. The van der Waals surface area contributed by atoms with Gasteiger partial charge in [-0.2, -0.15) is 0 Å². The molecular formula is C16H22N4O7. The Morgan fingerprint density at radius 1 is 1.30 bits per heavy atom. The van der Waals surface area contributed by atoms with E-state index in [0.717, 1.165) is 6.07 Å². The molecule has 0 spiro atoms. The van der Waals surface area contributed by atoms with Crippen molar-refractivity contribution in [3.8, 4) is 5.75 Å². The normalized spacial score (nSPS) is 10.6. The zero-order chi connectivity index (χ0) is 20.2. The molecule has 0 saturated heterocycles. The number of ether oxygens (including phenoxy) is 2. The number of amides is 2. The van der Waals surface area contributed by atoms with Crippen molar-refractivity contribution in [2.45, 2.75) is 6.42 Å². The Morgan fingerprint density at radius 3 is 2.59 bits per heavy atom. The first kappa shape index (κ1) is 21.7. The monoisotopic (exact) mass is 382 g/mol. The Labute approximate surface area is 155 Å². The van der Waals surface area contributed by atoms with Crippen LogP contribution in [0, 0.1) is 10.1 Å². The summed E-state index contributed by atoms with van der Waals surface area (Å²) in [6, 6.07) is 2.41. The van der Waals surface area contributed by atoms with Crippen molar-refractivity contribution in [2.24, 2.45) is 5.73 Å². The average molecular weight is 382 g/mol. The van der Waals surface area contributed by atoms with E-state index < -0.39 is 16.9 Å². The highest BCUT2D eigenvalue weighted by Crippen LogP contribution is 2.36. The predicted molar refractivity (Wildman–Crippen MR) is 97.3 cm³/mol. The van der Waals surface area contributed by atoms with Crippen molar-refractivity contribution in [1.29, 1.82) is 0 Å².